The Bertz CT molecular complexity index is 692. The summed E-state index contributed by atoms with van der Waals surface area (Å²) in [5.41, 5.74) is -2.56. The van der Waals surface area contributed by atoms with Crippen LogP contribution in [0.4, 0.5) is 13.2 Å². The van der Waals surface area contributed by atoms with Crippen molar-refractivity contribution >= 4 is 11.0 Å². The Morgan fingerprint density at radius 2 is 2.00 bits per heavy atom. The van der Waals surface area contributed by atoms with Crippen LogP contribution >= 0.6 is 0 Å². The van der Waals surface area contributed by atoms with Crippen LogP contribution in [0.25, 0.3) is 11.0 Å². The molecule has 0 bridgehead atoms. The van der Waals surface area contributed by atoms with Crippen LogP contribution in [0.1, 0.15) is 30.1 Å². The smallest absolute Gasteiger partial charge is 0.389 e. The van der Waals surface area contributed by atoms with Gasteiger partial charge in [0, 0.05) is 5.56 Å². The molecule has 5 nitrogen and oxygen atoms in total. The van der Waals surface area contributed by atoms with E-state index >= 15 is 0 Å². The number of aromatic nitrogens is 3. The summed E-state index contributed by atoms with van der Waals surface area (Å²) < 4.78 is 38.6. The fourth-order valence-corrected chi connectivity index (χ4v) is 1.74. The molecule has 1 unspecified atom stereocenters. The first-order valence-corrected chi connectivity index (χ1v) is 5.37. The van der Waals surface area contributed by atoms with Gasteiger partial charge in [-0.3, -0.25) is 4.79 Å². The average Bonchev–Trinajstić information content (AvgIpc) is 2.25. The molecule has 0 aliphatic heterocycles. The molecule has 0 amide bonds. The Morgan fingerprint density at radius 3 is 2.53 bits per heavy atom. The minimum absolute atomic E-state index is 0.0884. The van der Waals surface area contributed by atoms with E-state index in [1.54, 1.807) is 0 Å². The zero-order valence-electron chi connectivity index (χ0n) is 10.0. The summed E-state index contributed by atoms with van der Waals surface area (Å²) in [6.45, 7) is 2.62. The van der Waals surface area contributed by atoms with E-state index in [1.165, 1.54) is 13.8 Å². The predicted molar refractivity (Wildman–Crippen MR) is 60.5 cm³/mol. The maximum Gasteiger partial charge on any atom is 0.433 e. The molecule has 0 aromatic carbocycles. The second-order valence-corrected chi connectivity index (χ2v) is 4.12. The number of aryl methyl sites for hydroxylation is 1. The summed E-state index contributed by atoms with van der Waals surface area (Å²) in [6.07, 6.45) is -6.12. The first-order valence-electron chi connectivity index (χ1n) is 5.37. The van der Waals surface area contributed by atoms with Gasteiger partial charge in [-0.2, -0.15) is 13.2 Å². The molecular formula is C11H10F3N3O2. The highest BCUT2D eigenvalue weighted by molar-refractivity contribution is 5.74. The van der Waals surface area contributed by atoms with E-state index in [-0.39, 0.29) is 16.9 Å². The Balaban J connectivity index is 2.89. The SMILES string of the molecule is Cc1nc2nc(C(F)(F)F)c(C(C)O)cc2c(=O)[nH]1. The molecule has 102 valence electrons. The molecular weight excluding hydrogens is 263 g/mol. The van der Waals surface area contributed by atoms with Gasteiger partial charge in [-0.25, -0.2) is 9.97 Å². The monoisotopic (exact) mass is 273 g/mol. The van der Waals surface area contributed by atoms with Crippen molar-refractivity contribution in [1.29, 1.82) is 0 Å². The van der Waals surface area contributed by atoms with Gasteiger partial charge in [0.2, 0.25) is 0 Å². The molecule has 1 atom stereocenters. The van der Waals surface area contributed by atoms with Crippen LogP contribution in [0.3, 0.4) is 0 Å². The van der Waals surface area contributed by atoms with Gasteiger partial charge in [0.1, 0.15) is 5.82 Å². The Hall–Kier alpha value is -1.96. The van der Waals surface area contributed by atoms with E-state index in [0.29, 0.717) is 0 Å². The van der Waals surface area contributed by atoms with E-state index in [2.05, 4.69) is 15.0 Å². The zero-order valence-corrected chi connectivity index (χ0v) is 10.0. The molecule has 2 N–H and O–H groups in total. The van der Waals surface area contributed by atoms with Crippen molar-refractivity contribution in [3.05, 3.63) is 33.5 Å². The maximum absolute atomic E-state index is 12.9. The topological polar surface area (TPSA) is 78.9 Å². The van der Waals surface area contributed by atoms with Crippen LogP contribution in [0.2, 0.25) is 0 Å². The third kappa shape index (κ3) is 2.43. The Kier molecular flexibility index (Phi) is 3.05. The van der Waals surface area contributed by atoms with E-state index in [9.17, 15) is 23.1 Å². The lowest BCUT2D eigenvalue weighted by atomic mass is 10.1. The molecule has 0 aliphatic rings. The number of rotatable bonds is 1. The number of halogens is 3. The number of H-pyrrole nitrogens is 1. The number of aliphatic hydroxyl groups excluding tert-OH is 1. The van der Waals surface area contributed by atoms with Crippen LogP contribution < -0.4 is 5.56 Å². The van der Waals surface area contributed by atoms with E-state index < -0.39 is 29.1 Å². The highest BCUT2D eigenvalue weighted by Gasteiger charge is 2.37. The zero-order chi connectivity index (χ0) is 14.4. The summed E-state index contributed by atoms with van der Waals surface area (Å²) in [5.74, 6) is 0.169. The second kappa shape index (κ2) is 4.30. The number of aromatic amines is 1. The van der Waals surface area contributed by atoms with Crippen molar-refractivity contribution in [2.45, 2.75) is 26.1 Å². The largest absolute Gasteiger partial charge is 0.433 e. The molecule has 0 radical (unpaired) electrons. The van der Waals surface area contributed by atoms with Crippen LogP contribution in [0.15, 0.2) is 10.9 Å². The summed E-state index contributed by atoms with van der Waals surface area (Å²) >= 11 is 0. The number of nitrogens with zero attached hydrogens (tertiary/aromatic N) is 2. The van der Waals surface area contributed by atoms with E-state index in [1.807, 2.05) is 0 Å². The highest BCUT2D eigenvalue weighted by Crippen LogP contribution is 2.34. The minimum Gasteiger partial charge on any atom is -0.389 e. The number of nitrogens with one attached hydrogen (secondary N) is 1. The van der Waals surface area contributed by atoms with Crippen LogP contribution in [0, 0.1) is 6.92 Å². The van der Waals surface area contributed by atoms with Gasteiger partial charge < -0.3 is 10.1 Å². The van der Waals surface area contributed by atoms with E-state index in [4.69, 9.17) is 0 Å². The molecule has 0 aliphatic carbocycles. The summed E-state index contributed by atoms with van der Waals surface area (Å²) in [6, 6.07) is 0.973. The minimum atomic E-state index is -4.72. The number of alkyl halides is 3. The Labute approximate surface area is 105 Å². The number of hydrogen-bond acceptors (Lipinski definition) is 4. The van der Waals surface area contributed by atoms with Gasteiger partial charge in [0.05, 0.1) is 11.5 Å². The first kappa shape index (κ1) is 13.5. The third-order valence-electron chi connectivity index (χ3n) is 2.56. The second-order valence-electron chi connectivity index (χ2n) is 4.12. The molecule has 2 aromatic heterocycles. The van der Waals surface area contributed by atoms with Crippen molar-refractivity contribution in [2.75, 3.05) is 0 Å². The predicted octanol–water partition coefficient (Wildman–Crippen LogP) is 1.70. The van der Waals surface area contributed by atoms with Crippen LogP contribution in [-0.4, -0.2) is 20.1 Å². The van der Waals surface area contributed by atoms with Gasteiger partial charge in [-0.05, 0) is 19.9 Å². The van der Waals surface area contributed by atoms with Crippen molar-refractivity contribution < 1.29 is 18.3 Å². The van der Waals surface area contributed by atoms with Crippen LogP contribution in [-0.2, 0) is 6.18 Å². The molecule has 0 fully saturated rings. The lowest BCUT2D eigenvalue weighted by Crippen LogP contribution is -2.18. The van der Waals surface area contributed by atoms with Gasteiger partial charge in [0.25, 0.3) is 5.56 Å². The fourth-order valence-electron chi connectivity index (χ4n) is 1.74. The fraction of sp³-hybridized carbons (Fsp3) is 0.364. The Morgan fingerprint density at radius 1 is 1.37 bits per heavy atom. The van der Waals surface area contributed by atoms with Gasteiger partial charge in [-0.1, -0.05) is 0 Å². The molecule has 2 aromatic rings. The standard InChI is InChI=1S/C11H10F3N3O2/c1-4(18)6-3-7-9(15-5(2)16-10(7)19)17-8(6)11(12,13)14/h3-4,18H,1-2H3,(H,15,16,17,19). The van der Waals surface area contributed by atoms with Gasteiger partial charge in [-0.15, -0.1) is 0 Å². The molecule has 8 heteroatoms. The van der Waals surface area contributed by atoms with Crippen LogP contribution in [0.5, 0.6) is 0 Å². The molecule has 19 heavy (non-hydrogen) atoms. The molecule has 2 rings (SSSR count). The van der Waals surface area contributed by atoms with E-state index in [0.717, 1.165) is 6.07 Å². The number of pyridine rings is 1. The van der Waals surface area contributed by atoms with Gasteiger partial charge in [0.15, 0.2) is 11.3 Å². The lowest BCUT2D eigenvalue weighted by molar-refractivity contribution is -0.142. The van der Waals surface area contributed by atoms with Crippen molar-refractivity contribution in [3.8, 4) is 0 Å². The average molecular weight is 273 g/mol. The molecule has 0 saturated carbocycles. The van der Waals surface area contributed by atoms with Gasteiger partial charge >= 0.3 is 6.18 Å². The summed E-state index contributed by atoms with van der Waals surface area (Å²) in [5, 5.41) is 9.31. The summed E-state index contributed by atoms with van der Waals surface area (Å²) in [4.78, 5) is 21.1. The van der Waals surface area contributed by atoms with Crippen molar-refractivity contribution in [1.82, 2.24) is 15.0 Å². The van der Waals surface area contributed by atoms with Crippen molar-refractivity contribution in [3.63, 3.8) is 0 Å². The third-order valence-corrected chi connectivity index (χ3v) is 2.56. The lowest BCUT2D eigenvalue weighted by Gasteiger charge is -2.14. The first-order chi connectivity index (χ1) is 8.70. The molecule has 2 heterocycles. The number of hydrogen-bond donors (Lipinski definition) is 2. The number of aliphatic hydroxyl groups is 1. The highest BCUT2D eigenvalue weighted by atomic mass is 19.4. The van der Waals surface area contributed by atoms with Crippen molar-refractivity contribution in [2.24, 2.45) is 0 Å². The quantitative estimate of drug-likeness (QED) is 0.828. The number of fused-ring (bicyclic) bond motifs is 1. The summed E-state index contributed by atoms with van der Waals surface area (Å²) in [7, 11) is 0. The molecule has 0 spiro atoms. The normalized spacial score (nSPS) is 13.8. The molecule has 0 saturated heterocycles. The maximum atomic E-state index is 12.9.